The van der Waals surface area contributed by atoms with Gasteiger partial charge in [0, 0.05) is 32.1 Å². The summed E-state index contributed by atoms with van der Waals surface area (Å²) < 4.78 is 0. The SMILES string of the molecule is CN=C(NCCCC1CCCC1)NCCNC(=O)C(C)(C)C. The Labute approximate surface area is 135 Å². The topological polar surface area (TPSA) is 65.5 Å². The summed E-state index contributed by atoms with van der Waals surface area (Å²) in [6.45, 7) is 8.01. The molecule has 1 saturated carbocycles. The van der Waals surface area contributed by atoms with Crippen LogP contribution in [0.4, 0.5) is 0 Å². The highest BCUT2D eigenvalue weighted by Gasteiger charge is 2.20. The van der Waals surface area contributed by atoms with Crippen molar-refractivity contribution in [1.82, 2.24) is 16.0 Å². The summed E-state index contributed by atoms with van der Waals surface area (Å²) in [5.41, 5.74) is -0.333. The number of hydrogen-bond donors (Lipinski definition) is 3. The first kappa shape index (κ1) is 18.8. The van der Waals surface area contributed by atoms with Crippen LogP contribution in [0.3, 0.4) is 0 Å². The number of nitrogens with one attached hydrogen (secondary N) is 3. The zero-order valence-corrected chi connectivity index (χ0v) is 14.8. The molecule has 128 valence electrons. The average Bonchev–Trinajstić information content (AvgIpc) is 2.97. The molecule has 0 aromatic rings. The largest absolute Gasteiger partial charge is 0.356 e. The molecule has 1 fully saturated rings. The Kier molecular flexibility index (Phi) is 8.28. The van der Waals surface area contributed by atoms with Gasteiger partial charge in [0.1, 0.15) is 0 Å². The average molecular weight is 310 g/mol. The summed E-state index contributed by atoms with van der Waals surface area (Å²) in [4.78, 5) is 15.9. The van der Waals surface area contributed by atoms with E-state index in [0.717, 1.165) is 18.4 Å². The van der Waals surface area contributed by atoms with E-state index in [4.69, 9.17) is 0 Å². The van der Waals surface area contributed by atoms with Gasteiger partial charge in [0.2, 0.25) is 5.91 Å². The van der Waals surface area contributed by atoms with Crippen molar-refractivity contribution >= 4 is 11.9 Å². The van der Waals surface area contributed by atoms with Crippen molar-refractivity contribution in [1.29, 1.82) is 0 Å². The molecule has 0 heterocycles. The van der Waals surface area contributed by atoms with Gasteiger partial charge in [-0.2, -0.15) is 0 Å². The van der Waals surface area contributed by atoms with E-state index >= 15 is 0 Å². The Morgan fingerprint density at radius 2 is 1.64 bits per heavy atom. The minimum Gasteiger partial charge on any atom is -0.356 e. The summed E-state index contributed by atoms with van der Waals surface area (Å²) >= 11 is 0. The second-order valence-electron chi connectivity index (χ2n) is 7.22. The minimum absolute atomic E-state index is 0.0776. The normalized spacial score (nSPS) is 16.6. The third kappa shape index (κ3) is 7.66. The van der Waals surface area contributed by atoms with Crippen molar-refractivity contribution in [2.45, 2.75) is 59.3 Å². The lowest BCUT2D eigenvalue weighted by Crippen LogP contribution is -2.43. The van der Waals surface area contributed by atoms with Crippen LogP contribution in [0.2, 0.25) is 0 Å². The number of nitrogens with zero attached hydrogens (tertiary/aromatic N) is 1. The number of amides is 1. The van der Waals surface area contributed by atoms with Crippen LogP contribution in [-0.4, -0.2) is 38.5 Å². The van der Waals surface area contributed by atoms with Crippen molar-refractivity contribution in [3.05, 3.63) is 0 Å². The lowest BCUT2D eigenvalue weighted by atomic mass is 9.96. The van der Waals surface area contributed by atoms with Crippen LogP contribution in [0.25, 0.3) is 0 Å². The Bertz CT molecular complexity index is 354. The van der Waals surface area contributed by atoms with Gasteiger partial charge in [-0.25, -0.2) is 0 Å². The van der Waals surface area contributed by atoms with Crippen molar-refractivity contribution in [2.75, 3.05) is 26.7 Å². The van der Waals surface area contributed by atoms with E-state index in [-0.39, 0.29) is 11.3 Å². The van der Waals surface area contributed by atoms with Crippen molar-refractivity contribution < 1.29 is 4.79 Å². The fourth-order valence-corrected chi connectivity index (χ4v) is 2.74. The zero-order valence-electron chi connectivity index (χ0n) is 14.8. The first-order valence-electron chi connectivity index (χ1n) is 8.66. The summed E-state index contributed by atoms with van der Waals surface area (Å²) in [5, 5.41) is 9.49. The van der Waals surface area contributed by atoms with E-state index < -0.39 is 0 Å². The summed E-state index contributed by atoms with van der Waals surface area (Å²) in [6, 6.07) is 0. The number of rotatable bonds is 7. The number of hydrogen-bond acceptors (Lipinski definition) is 2. The van der Waals surface area contributed by atoms with Crippen LogP contribution in [-0.2, 0) is 4.79 Å². The molecule has 5 nitrogen and oxygen atoms in total. The van der Waals surface area contributed by atoms with Crippen LogP contribution in [0.1, 0.15) is 59.3 Å². The number of carbonyl (C=O) groups is 1. The molecule has 1 rings (SSSR count). The van der Waals surface area contributed by atoms with Gasteiger partial charge in [0.15, 0.2) is 5.96 Å². The Balaban J connectivity index is 2.06. The van der Waals surface area contributed by atoms with E-state index in [0.29, 0.717) is 13.1 Å². The van der Waals surface area contributed by atoms with Crippen LogP contribution >= 0.6 is 0 Å². The molecule has 22 heavy (non-hydrogen) atoms. The van der Waals surface area contributed by atoms with Crippen molar-refractivity contribution in [3.8, 4) is 0 Å². The lowest BCUT2D eigenvalue weighted by Gasteiger charge is -2.18. The van der Waals surface area contributed by atoms with E-state index in [1.807, 2.05) is 20.8 Å². The Morgan fingerprint density at radius 3 is 2.23 bits per heavy atom. The zero-order chi connectivity index (χ0) is 16.4. The fourth-order valence-electron chi connectivity index (χ4n) is 2.74. The Hall–Kier alpha value is -1.26. The molecule has 0 bridgehead atoms. The molecule has 0 saturated heterocycles. The summed E-state index contributed by atoms with van der Waals surface area (Å²) in [5.74, 6) is 1.84. The van der Waals surface area contributed by atoms with Gasteiger partial charge in [-0.3, -0.25) is 9.79 Å². The number of carbonyl (C=O) groups excluding carboxylic acids is 1. The molecule has 0 radical (unpaired) electrons. The smallest absolute Gasteiger partial charge is 0.225 e. The molecule has 0 aromatic heterocycles. The van der Waals surface area contributed by atoms with Gasteiger partial charge in [0.05, 0.1) is 0 Å². The van der Waals surface area contributed by atoms with Crippen molar-refractivity contribution in [3.63, 3.8) is 0 Å². The van der Waals surface area contributed by atoms with E-state index in [2.05, 4.69) is 20.9 Å². The first-order chi connectivity index (χ1) is 10.4. The maximum absolute atomic E-state index is 11.7. The van der Waals surface area contributed by atoms with Gasteiger partial charge >= 0.3 is 0 Å². The fraction of sp³-hybridized carbons (Fsp3) is 0.882. The molecular formula is C17H34N4O. The van der Waals surface area contributed by atoms with Gasteiger partial charge in [-0.15, -0.1) is 0 Å². The van der Waals surface area contributed by atoms with Crippen LogP contribution in [0, 0.1) is 11.3 Å². The highest BCUT2D eigenvalue weighted by Crippen LogP contribution is 2.28. The molecule has 0 aliphatic heterocycles. The molecule has 1 amide bonds. The lowest BCUT2D eigenvalue weighted by molar-refractivity contribution is -0.128. The monoisotopic (exact) mass is 310 g/mol. The maximum atomic E-state index is 11.7. The van der Waals surface area contributed by atoms with E-state index in [9.17, 15) is 4.79 Å². The van der Waals surface area contributed by atoms with Gasteiger partial charge in [-0.1, -0.05) is 46.5 Å². The highest BCUT2D eigenvalue weighted by molar-refractivity contribution is 5.81. The van der Waals surface area contributed by atoms with Crippen LogP contribution in [0.15, 0.2) is 4.99 Å². The molecule has 1 aliphatic carbocycles. The van der Waals surface area contributed by atoms with E-state index in [1.165, 1.54) is 38.5 Å². The van der Waals surface area contributed by atoms with Crippen molar-refractivity contribution in [2.24, 2.45) is 16.3 Å². The molecule has 3 N–H and O–H groups in total. The third-order valence-corrected chi connectivity index (χ3v) is 4.16. The molecule has 0 unspecified atom stereocenters. The Morgan fingerprint density at radius 1 is 1.05 bits per heavy atom. The first-order valence-corrected chi connectivity index (χ1v) is 8.66. The third-order valence-electron chi connectivity index (χ3n) is 4.16. The van der Waals surface area contributed by atoms with Gasteiger partial charge in [-0.05, 0) is 18.8 Å². The van der Waals surface area contributed by atoms with Gasteiger partial charge < -0.3 is 16.0 Å². The second-order valence-corrected chi connectivity index (χ2v) is 7.22. The van der Waals surface area contributed by atoms with Crippen LogP contribution < -0.4 is 16.0 Å². The maximum Gasteiger partial charge on any atom is 0.225 e. The quantitative estimate of drug-likeness (QED) is 0.384. The standard InChI is InChI=1S/C17H34N4O/c1-17(2,3)15(22)19-12-13-21-16(18-4)20-11-7-10-14-8-5-6-9-14/h14H,5-13H2,1-4H3,(H,19,22)(H2,18,20,21). The van der Waals surface area contributed by atoms with Gasteiger partial charge in [0.25, 0.3) is 0 Å². The molecule has 1 aliphatic rings. The predicted molar refractivity (Wildman–Crippen MR) is 93.0 cm³/mol. The molecule has 0 aromatic carbocycles. The molecule has 5 heteroatoms. The second kappa shape index (κ2) is 9.70. The van der Waals surface area contributed by atoms with E-state index in [1.54, 1.807) is 7.05 Å². The highest BCUT2D eigenvalue weighted by atomic mass is 16.2. The van der Waals surface area contributed by atoms with Crippen LogP contribution in [0.5, 0.6) is 0 Å². The summed E-state index contributed by atoms with van der Waals surface area (Å²) in [6.07, 6.45) is 8.20. The molecular weight excluding hydrogens is 276 g/mol. The number of guanidine groups is 1. The molecule has 0 spiro atoms. The predicted octanol–water partition coefficient (Wildman–Crippen LogP) is 2.28. The molecule has 0 atom stereocenters. The number of aliphatic imine (C=N–C) groups is 1. The summed E-state index contributed by atoms with van der Waals surface area (Å²) in [7, 11) is 1.78. The minimum atomic E-state index is -0.333.